The number of hydrogen-bond acceptors (Lipinski definition) is 7. The Hall–Kier alpha value is -0.750. The van der Waals surface area contributed by atoms with Gasteiger partial charge >= 0.3 is 0 Å². The van der Waals surface area contributed by atoms with Gasteiger partial charge in [-0.05, 0) is 0 Å². The van der Waals surface area contributed by atoms with Crippen molar-refractivity contribution in [1.29, 1.82) is 0 Å². The molecule has 96 valence electrons. The second-order valence-corrected chi connectivity index (χ2v) is 7.20. The van der Waals surface area contributed by atoms with E-state index in [1.165, 1.54) is 24.5 Å². The minimum atomic E-state index is -5.51. The van der Waals surface area contributed by atoms with Crippen LogP contribution in [0.4, 0.5) is 5.69 Å². The molecule has 0 spiro atoms. The van der Waals surface area contributed by atoms with Gasteiger partial charge in [-0.15, -0.1) is 0 Å². The van der Waals surface area contributed by atoms with E-state index in [2.05, 4.69) is 0 Å². The Balaban J connectivity index is 3.00. The topological polar surface area (TPSA) is 156 Å². The van der Waals surface area contributed by atoms with Gasteiger partial charge in [0.05, 0.1) is 5.40 Å². The van der Waals surface area contributed by atoms with Crippen molar-refractivity contribution in [2.45, 2.75) is 11.9 Å². The summed E-state index contributed by atoms with van der Waals surface area (Å²) in [6.07, 6.45) is 2.54. The summed E-state index contributed by atoms with van der Waals surface area (Å²) < 4.78 is 22.5. The highest BCUT2D eigenvalue weighted by atomic mass is 31.2. The molecule has 0 aliphatic heterocycles. The zero-order valence-electron chi connectivity index (χ0n) is 8.46. The van der Waals surface area contributed by atoms with Crippen LogP contribution in [0.15, 0.2) is 24.5 Å². The van der Waals surface area contributed by atoms with E-state index in [9.17, 15) is 28.7 Å². The molecule has 0 amide bonds. The minimum absolute atomic E-state index is 0.373. The van der Waals surface area contributed by atoms with E-state index in [0.717, 1.165) is 4.57 Å². The average molecular weight is 279 g/mol. The Morgan fingerprint density at radius 2 is 1.53 bits per heavy atom. The van der Waals surface area contributed by atoms with E-state index in [1.807, 2.05) is 0 Å². The zero-order valence-corrected chi connectivity index (χ0v) is 10.3. The number of hydrogen-bond donors (Lipinski definition) is 1. The van der Waals surface area contributed by atoms with Gasteiger partial charge in [-0.25, -0.2) is 4.57 Å². The number of nitrogens with zero attached hydrogens (tertiary/aromatic N) is 1. The third-order valence-corrected chi connectivity index (χ3v) is 5.50. The lowest BCUT2D eigenvalue weighted by atomic mass is 10.4. The molecule has 17 heavy (non-hydrogen) atoms. The Labute approximate surface area is 97.0 Å². The van der Waals surface area contributed by atoms with E-state index >= 15 is 0 Å². The van der Waals surface area contributed by atoms with Gasteiger partial charge in [0.15, 0.2) is 18.9 Å². The fourth-order valence-corrected chi connectivity index (χ4v) is 3.32. The monoisotopic (exact) mass is 279 g/mol. The van der Waals surface area contributed by atoms with Crippen molar-refractivity contribution in [3.63, 3.8) is 0 Å². The van der Waals surface area contributed by atoms with Crippen LogP contribution in [-0.2, 0) is 15.7 Å². The van der Waals surface area contributed by atoms with Gasteiger partial charge in [0.2, 0.25) is 0 Å². The molecule has 0 aliphatic rings. The molecule has 2 N–H and O–H groups in total. The molecule has 10 heteroatoms. The lowest BCUT2D eigenvalue weighted by Crippen LogP contribution is -2.45. The van der Waals surface area contributed by atoms with E-state index in [4.69, 9.17) is 5.73 Å². The zero-order chi connectivity index (χ0) is 13.3. The third kappa shape index (κ3) is 4.20. The van der Waals surface area contributed by atoms with Crippen molar-refractivity contribution in [2.24, 2.45) is 0 Å². The Morgan fingerprint density at radius 1 is 1.12 bits per heavy atom. The maximum atomic E-state index is 10.7. The number of nitrogen functional groups attached to an aromatic ring is 1. The van der Waals surface area contributed by atoms with E-state index in [-0.39, 0.29) is 0 Å². The molecule has 0 fully saturated rings. The van der Waals surface area contributed by atoms with Crippen LogP contribution in [-0.4, -0.2) is 5.40 Å². The summed E-state index contributed by atoms with van der Waals surface area (Å²) in [7, 11) is -11.0. The SMILES string of the molecule is Nc1cc[n+](CC(P(=O)([O-])[O-])P(=O)([O-])[O-])cc1. The van der Waals surface area contributed by atoms with Gasteiger partial charge in [-0.3, -0.25) is 0 Å². The molecule has 0 unspecified atom stereocenters. The summed E-state index contributed by atoms with van der Waals surface area (Å²) in [5.74, 6) is 0. The first-order chi connectivity index (χ1) is 7.60. The molecule has 0 bridgehead atoms. The third-order valence-electron chi connectivity index (χ3n) is 2.02. The van der Waals surface area contributed by atoms with E-state index in [1.54, 1.807) is 0 Å². The molecular weight excluding hydrogens is 270 g/mol. The molecule has 1 aromatic heterocycles. The van der Waals surface area contributed by atoms with Crippen molar-refractivity contribution < 1.29 is 33.3 Å². The van der Waals surface area contributed by atoms with Gasteiger partial charge in [0, 0.05) is 17.8 Å². The molecule has 1 aromatic rings. The second kappa shape index (κ2) is 4.86. The molecule has 1 heterocycles. The summed E-state index contributed by atoms with van der Waals surface area (Å²) in [6, 6.07) is 2.75. The number of rotatable bonds is 4. The predicted octanol–water partition coefficient (Wildman–Crippen LogP) is -3.29. The summed E-state index contributed by atoms with van der Waals surface area (Å²) in [5.41, 5.74) is 5.73. The van der Waals surface area contributed by atoms with Crippen LogP contribution < -0.4 is 29.9 Å². The molecular formula is C7H9N2O6P2-3. The average Bonchev–Trinajstić information content (AvgIpc) is 2.13. The fourth-order valence-electron chi connectivity index (χ4n) is 1.15. The number of aromatic nitrogens is 1. The standard InChI is InChI=1S/C7H12N2O6P2/c8-6-1-3-9(4-2-6)5-7(16(10,11)12)17(13,14)15/h1-4,7-8H,5H2,(H4,10,11,12,13,14,15)/p-3. The number of nitrogens with two attached hydrogens (primary N) is 1. The number of anilines is 1. The first-order valence-corrected chi connectivity index (χ1v) is 7.61. The second-order valence-electron chi connectivity index (χ2n) is 3.39. The van der Waals surface area contributed by atoms with Crippen LogP contribution in [0, 0.1) is 0 Å². The summed E-state index contributed by atoms with van der Waals surface area (Å²) in [5, 5.41) is -2.50. The van der Waals surface area contributed by atoms with Gasteiger partial charge in [-0.1, -0.05) is 15.2 Å². The maximum Gasteiger partial charge on any atom is 0.170 e. The van der Waals surface area contributed by atoms with Gasteiger partial charge in [0.1, 0.15) is 0 Å². The lowest BCUT2D eigenvalue weighted by Gasteiger charge is -2.47. The van der Waals surface area contributed by atoms with Crippen LogP contribution in [0.1, 0.15) is 0 Å². The van der Waals surface area contributed by atoms with Crippen molar-refractivity contribution in [1.82, 2.24) is 0 Å². The molecule has 0 saturated carbocycles. The van der Waals surface area contributed by atoms with Crippen molar-refractivity contribution in [3.8, 4) is 0 Å². The summed E-state index contributed by atoms with van der Waals surface area (Å²) >= 11 is 0. The maximum absolute atomic E-state index is 10.7. The van der Waals surface area contributed by atoms with Gasteiger partial charge in [0.25, 0.3) is 0 Å². The highest BCUT2D eigenvalue weighted by Gasteiger charge is 2.22. The Bertz CT molecular complexity index is 456. The van der Waals surface area contributed by atoms with Gasteiger partial charge < -0.3 is 34.4 Å². The molecule has 0 aromatic carbocycles. The molecule has 0 aliphatic carbocycles. The Kier molecular flexibility index (Phi) is 4.09. The predicted molar refractivity (Wildman–Crippen MR) is 50.1 cm³/mol. The smallest absolute Gasteiger partial charge is 0.170 e. The highest BCUT2D eigenvalue weighted by molar-refractivity contribution is 7.68. The summed E-state index contributed by atoms with van der Waals surface area (Å²) in [4.78, 5) is 42.8. The minimum Gasteiger partial charge on any atom is -0.810 e. The Morgan fingerprint density at radius 3 is 1.88 bits per heavy atom. The molecule has 0 atom stereocenters. The van der Waals surface area contributed by atoms with E-state index in [0.29, 0.717) is 5.69 Å². The van der Waals surface area contributed by atoms with Crippen LogP contribution in [0.5, 0.6) is 0 Å². The lowest BCUT2D eigenvalue weighted by molar-refractivity contribution is -0.695. The van der Waals surface area contributed by atoms with Crippen molar-refractivity contribution in [2.75, 3.05) is 5.73 Å². The first kappa shape index (κ1) is 14.3. The normalized spacial score (nSPS) is 13.0. The molecule has 8 nitrogen and oxygen atoms in total. The fraction of sp³-hybridized carbons (Fsp3) is 0.286. The number of pyridine rings is 1. The molecule has 1 rings (SSSR count). The van der Waals surface area contributed by atoms with Crippen molar-refractivity contribution >= 4 is 20.9 Å². The van der Waals surface area contributed by atoms with Crippen LogP contribution in [0.25, 0.3) is 0 Å². The van der Waals surface area contributed by atoms with Gasteiger partial charge in [-0.2, -0.15) is 0 Å². The van der Waals surface area contributed by atoms with Crippen LogP contribution in [0.3, 0.4) is 0 Å². The highest BCUT2D eigenvalue weighted by Crippen LogP contribution is 2.49. The largest absolute Gasteiger partial charge is 0.810 e. The van der Waals surface area contributed by atoms with Crippen LogP contribution in [0.2, 0.25) is 0 Å². The first-order valence-electron chi connectivity index (χ1n) is 4.39. The van der Waals surface area contributed by atoms with Crippen molar-refractivity contribution in [3.05, 3.63) is 24.5 Å². The van der Waals surface area contributed by atoms with E-state index < -0.39 is 27.1 Å². The summed E-state index contributed by atoms with van der Waals surface area (Å²) in [6.45, 7) is -0.741. The molecule has 0 saturated heterocycles. The van der Waals surface area contributed by atoms with Crippen LogP contribution >= 0.6 is 15.2 Å². The quantitative estimate of drug-likeness (QED) is 0.447. The molecule has 0 radical (unpaired) electrons.